The summed E-state index contributed by atoms with van der Waals surface area (Å²) in [5.41, 5.74) is 1.33. The van der Waals surface area contributed by atoms with Crippen molar-refractivity contribution in [3.63, 3.8) is 0 Å². The first-order chi connectivity index (χ1) is 11.3. The van der Waals surface area contributed by atoms with Crippen LogP contribution in [0.15, 0.2) is 24.5 Å². The third kappa shape index (κ3) is 3.30. The number of rotatable bonds is 4. The van der Waals surface area contributed by atoms with Crippen molar-refractivity contribution in [1.82, 2.24) is 14.8 Å². The molecule has 0 aromatic carbocycles. The van der Waals surface area contributed by atoms with Gasteiger partial charge in [0.2, 0.25) is 0 Å². The monoisotopic (exact) mass is 315 g/mol. The SMILES string of the molecule is CN(Cc1cccnc1)C1CCC[C@@H]2CN(C3CCOC3)C[C@H]12. The molecule has 4 heteroatoms. The van der Waals surface area contributed by atoms with Gasteiger partial charge in [-0.15, -0.1) is 0 Å². The van der Waals surface area contributed by atoms with Crippen LogP contribution in [-0.2, 0) is 11.3 Å². The van der Waals surface area contributed by atoms with Crippen LogP contribution < -0.4 is 0 Å². The number of ether oxygens (including phenoxy) is 1. The smallest absolute Gasteiger partial charge is 0.0622 e. The van der Waals surface area contributed by atoms with E-state index in [-0.39, 0.29) is 0 Å². The number of pyridine rings is 1. The maximum absolute atomic E-state index is 5.62. The lowest BCUT2D eigenvalue weighted by Gasteiger charge is -2.39. The maximum atomic E-state index is 5.62. The number of likely N-dealkylation sites (tertiary alicyclic amines) is 1. The first kappa shape index (κ1) is 15.6. The fraction of sp³-hybridized carbons (Fsp3) is 0.737. The van der Waals surface area contributed by atoms with E-state index in [0.717, 1.165) is 37.6 Å². The minimum atomic E-state index is 0.685. The second-order valence-electron chi connectivity index (χ2n) is 7.67. The number of fused-ring (bicyclic) bond motifs is 1. The number of nitrogens with zero attached hydrogens (tertiary/aromatic N) is 3. The molecule has 23 heavy (non-hydrogen) atoms. The third-order valence-corrected chi connectivity index (χ3v) is 6.23. The zero-order valence-electron chi connectivity index (χ0n) is 14.2. The normalized spacial score (nSPS) is 34.9. The van der Waals surface area contributed by atoms with Crippen LogP contribution in [0.5, 0.6) is 0 Å². The quantitative estimate of drug-likeness (QED) is 0.853. The molecule has 3 fully saturated rings. The van der Waals surface area contributed by atoms with Gasteiger partial charge < -0.3 is 4.74 Å². The number of aromatic nitrogens is 1. The predicted octanol–water partition coefficient (Wildman–Crippen LogP) is 2.40. The molecule has 126 valence electrons. The summed E-state index contributed by atoms with van der Waals surface area (Å²) in [5.74, 6) is 1.73. The van der Waals surface area contributed by atoms with Gasteiger partial charge in [-0.1, -0.05) is 12.5 Å². The summed E-state index contributed by atoms with van der Waals surface area (Å²) in [6.45, 7) is 5.52. The zero-order valence-corrected chi connectivity index (χ0v) is 14.2. The van der Waals surface area contributed by atoms with Crippen LogP contribution in [-0.4, -0.2) is 60.2 Å². The van der Waals surface area contributed by atoms with Crippen molar-refractivity contribution in [2.45, 2.75) is 44.3 Å². The van der Waals surface area contributed by atoms with Crippen molar-refractivity contribution < 1.29 is 4.74 Å². The van der Waals surface area contributed by atoms with Crippen molar-refractivity contribution in [1.29, 1.82) is 0 Å². The Kier molecular flexibility index (Phi) is 4.65. The molecule has 1 saturated carbocycles. The van der Waals surface area contributed by atoms with Crippen LogP contribution in [0.25, 0.3) is 0 Å². The molecule has 2 saturated heterocycles. The highest BCUT2D eigenvalue weighted by molar-refractivity contribution is 5.09. The van der Waals surface area contributed by atoms with Crippen LogP contribution in [0.1, 0.15) is 31.2 Å². The molecule has 3 aliphatic rings. The molecule has 1 aromatic rings. The minimum Gasteiger partial charge on any atom is -0.380 e. The molecule has 0 bridgehead atoms. The summed E-state index contributed by atoms with van der Waals surface area (Å²) in [5, 5.41) is 0. The maximum Gasteiger partial charge on any atom is 0.0622 e. The summed E-state index contributed by atoms with van der Waals surface area (Å²) >= 11 is 0. The Morgan fingerprint density at radius 1 is 1.30 bits per heavy atom. The van der Waals surface area contributed by atoms with Crippen LogP contribution in [0, 0.1) is 11.8 Å². The van der Waals surface area contributed by atoms with E-state index in [9.17, 15) is 0 Å². The van der Waals surface area contributed by atoms with Crippen LogP contribution in [0.3, 0.4) is 0 Å². The van der Waals surface area contributed by atoms with Gasteiger partial charge >= 0.3 is 0 Å². The van der Waals surface area contributed by atoms with Crippen molar-refractivity contribution in [3.8, 4) is 0 Å². The average Bonchev–Trinajstić information content (AvgIpc) is 3.24. The lowest BCUT2D eigenvalue weighted by Crippen LogP contribution is -2.43. The van der Waals surface area contributed by atoms with Crippen LogP contribution >= 0.6 is 0 Å². The summed E-state index contributed by atoms with van der Waals surface area (Å²) in [4.78, 5) is 9.59. The molecule has 0 spiro atoms. The molecule has 4 nitrogen and oxygen atoms in total. The highest BCUT2D eigenvalue weighted by Gasteiger charge is 2.43. The van der Waals surface area contributed by atoms with E-state index >= 15 is 0 Å². The molecule has 3 heterocycles. The fourth-order valence-electron chi connectivity index (χ4n) is 5.03. The molecule has 4 rings (SSSR count). The average molecular weight is 315 g/mol. The summed E-state index contributed by atoms with van der Waals surface area (Å²) in [6.07, 6.45) is 9.26. The Bertz CT molecular complexity index is 503. The molecule has 2 unspecified atom stereocenters. The fourth-order valence-corrected chi connectivity index (χ4v) is 5.03. The number of hydrogen-bond acceptors (Lipinski definition) is 4. The Balaban J connectivity index is 1.42. The standard InChI is InChI=1S/C19H29N3O/c1-21(11-15-4-3-8-20-10-15)19-6-2-5-16-12-22(13-18(16)19)17-7-9-23-14-17/h3-4,8,10,16-19H,2,5-7,9,11-14H2,1H3/t16-,17?,18+,19?/m1/s1. The van der Waals surface area contributed by atoms with Gasteiger partial charge in [0.25, 0.3) is 0 Å². The lowest BCUT2D eigenvalue weighted by atomic mass is 9.77. The summed E-state index contributed by atoms with van der Waals surface area (Å²) in [6, 6.07) is 5.65. The van der Waals surface area contributed by atoms with Gasteiger partial charge in [-0.05, 0) is 49.8 Å². The molecule has 0 N–H and O–H groups in total. The van der Waals surface area contributed by atoms with E-state index in [1.165, 1.54) is 44.3 Å². The predicted molar refractivity (Wildman–Crippen MR) is 91.1 cm³/mol. The van der Waals surface area contributed by atoms with Crippen molar-refractivity contribution >= 4 is 0 Å². The second kappa shape index (κ2) is 6.88. The first-order valence-electron chi connectivity index (χ1n) is 9.22. The topological polar surface area (TPSA) is 28.6 Å². The van der Waals surface area contributed by atoms with E-state index in [4.69, 9.17) is 4.74 Å². The molecule has 0 radical (unpaired) electrons. The third-order valence-electron chi connectivity index (χ3n) is 6.23. The highest BCUT2D eigenvalue weighted by atomic mass is 16.5. The van der Waals surface area contributed by atoms with Gasteiger partial charge in [0.15, 0.2) is 0 Å². The van der Waals surface area contributed by atoms with Gasteiger partial charge in [-0.3, -0.25) is 14.8 Å². The van der Waals surface area contributed by atoms with Gasteiger partial charge in [-0.2, -0.15) is 0 Å². The molecular weight excluding hydrogens is 286 g/mol. The van der Waals surface area contributed by atoms with Crippen LogP contribution in [0.4, 0.5) is 0 Å². The minimum absolute atomic E-state index is 0.685. The van der Waals surface area contributed by atoms with E-state index in [0.29, 0.717) is 6.04 Å². The highest BCUT2D eigenvalue weighted by Crippen LogP contribution is 2.40. The molecule has 4 atom stereocenters. The molecule has 1 aliphatic carbocycles. The zero-order chi connectivity index (χ0) is 15.6. The molecular formula is C19H29N3O. The molecule has 2 aliphatic heterocycles. The van der Waals surface area contributed by atoms with Gasteiger partial charge in [0.1, 0.15) is 0 Å². The second-order valence-corrected chi connectivity index (χ2v) is 7.67. The Hall–Kier alpha value is -0.970. The Morgan fingerprint density at radius 3 is 3.04 bits per heavy atom. The van der Waals surface area contributed by atoms with Crippen LogP contribution in [0.2, 0.25) is 0 Å². The van der Waals surface area contributed by atoms with E-state index in [1.807, 2.05) is 18.5 Å². The largest absolute Gasteiger partial charge is 0.380 e. The van der Waals surface area contributed by atoms with Gasteiger partial charge in [-0.25, -0.2) is 0 Å². The van der Waals surface area contributed by atoms with Crippen molar-refractivity contribution in [2.75, 3.05) is 33.4 Å². The molecule has 1 aromatic heterocycles. The van der Waals surface area contributed by atoms with Gasteiger partial charge in [0, 0.05) is 50.7 Å². The van der Waals surface area contributed by atoms with E-state index in [1.54, 1.807) is 0 Å². The lowest BCUT2D eigenvalue weighted by molar-refractivity contribution is 0.103. The van der Waals surface area contributed by atoms with Crippen molar-refractivity contribution in [3.05, 3.63) is 30.1 Å². The molecule has 0 amide bonds. The Morgan fingerprint density at radius 2 is 2.26 bits per heavy atom. The van der Waals surface area contributed by atoms with Gasteiger partial charge in [0.05, 0.1) is 6.61 Å². The van der Waals surface area contributed by atoms with Crippen molar-refractivity contribution in [2.24, 2.45) is 11.8 Å². The number of hydrogen-bond donors (Lipinski definition) is 0. The van der Waals surface area contributed by atoms with E-state index in [2.05, 4.69) is 27.9 Å². The first-order valence-corrected chi connectivity index (χ1v) is 9.22. The Labute approximate surface area is 139 Å². The summed E-state index contributed by atoms with van der Waals surface area (Å²) in [7, 11) is 2.31. The summed E-state index contributed by atoms with van der Waals surface area (Å²) < 4.78 is 5.62. The van der Waals surface area contributed by atoms with E-state index < -0.39 is 0 Å².